The van der Waals surface area contributed by atoms with Crippen LogP contribution >= 0.6 is 0 Å². The van der Waals surface area contributed by atoms with E-state index in [2.05, 4.69) is 10.3 Å². The Morgan fingerprint density at radius 3 is 2.53 bits per heavy atom. The minimum Gasteiger partial charge on any atom is -0.495 e. The lowest BCUT2D eigenvalue weighted by Gasteiger charge is -2.21. The fourth-order valence-corrected chi connectivity index (χ4v) is 5.52. The minimum atomic E-state index is -3.65. The predicted molar refractivity (Wildman–Crippen MR) is 129 cm³/mol. The Kier molecular flexibility index (Phi) is 7.64. The van der Waals surface area contributed by atoms with E-state index in [4.69, 9.17) is 9.15 Å². The Bertz CT molecular complexity index is 1220. The van der Waals surface area contributed by atoms with Crippen LogP contribution in [0.4, 0.5) is 5.69 Å². The van der Waals surface area contributed by atoms with Crippen molar-refractivity contribution in [3.63, 3.8) is 0 Å². The van der Waals surface area contributed by atoms with Gasteiger partial charge in [0.1, 0.15) is 5.75 Å². The molecule has 0 spiro atoms. The predicted octanol–water partition coefficient (Wildman–Crippen LogP) is 4.49. The molecule has 0 unspecified atom stereocenters. The highest BCUT2D eigenvalue weighted by molar-refractivity contribution is 7.89. The van der Waals surface area contributed by atoms with Crippen molar-refractivity contribution in [2.45, 2.75) is 43.4 Å². The number of hydrogen-bond donors (Lipinski definition) is 1. The van der Waals surface area contributed by atoms with Gasteiger partial charge in [0.15, 0.2) is 11.7 Å². The highest BCUT2D eigenvalue weighted by atomic mass is 32.2. The van der Waals surface area contributed by atoms with Gasteiger partial charge in [-0.15, -0.1) is 0 Å². The maximum absolute atomic E-state index is 13.2. The quantitative estimate of drug-likeness (QED) is 0.507. The number of anilines is 1. The third-order valence-electron chi connectivity index (χ3n) is 5.83. The third kappa shape index (κ3) is 5.66. The van der Waals surface area contributed by atoms with Gasteiger partial charge < -0.3 is 14.5 Å². The summed E-state index contributed by atoms with van der Waals surface area (Å²) in [5.74, 6) is 1.20. The number of hydrogen-bond acceptors (Lipinski definition) is 6. The highest BCUT2D eigenvalue weighted by Gasteiger charge is 2.26. The second kappa shape index (κ2) is 10.8. The van der Waals surface area contributed by atoms with Crippen LogP contribution in [0.1, 0.15) is 38.0 Å². The smallest absolute Gasteiger partial charge is 0.243 e. The molecule has 0 saturated carbocycles. The van der Waals surface area contributed by atoms with Gasteiger partial charge in [-0.2, -0.15) is 4.31 Å². The molecule has 0 radical (unpaired) electrons. The molecule has 1 saturated heterocycles. The number of amides is 1. The maximum atomic E-state index is 13.2. The number of carbonyl (C=O) groups excluding carboxylic acids is 1. The first kappa shape index (κ1) is 24.0. The van der Waals surface area contributed by atoms with Crippen LogP contribution in [0.25, 0.3) is 11.3 Å². The van der Waals surface area contributed by atoms with E-state index in [9.17, 15) is 13.2 Å². The molecule has 9 heteroatoms. The lowest BCUT2D eigenvalue weighted by molar-refractivity contribution is -0.116. The summed E-state index contributed by atoms with van der Waals surface area (Å²) in [4.78, 5) is 17.0. The van der Waals surface area contributed by atoms with Gasteiger partial charge in [0.05, 0.1) is 23.9 Å². The zero-order valence-corrected chi connectivity index (χ0v) is 20.0. The van der Waals surface area contributed by atoms with Gasteiger partial charge in [0.2, 0.25) is 15.9 Å². The topological polar surface area (TPSA) is 102 Å². The van der Waals surface area contributed by atoms with Crippen LogP contribution in [0.15, 0.2) is 64.0 Å². The van der Waals surface area contributed by atoms with Crippen LogP contribution in [0.2, 0.25) is 0 Å². The standard InChI is InChI=1S/C25H29N3O5S/c1-32-22-12-11-20(34(30,31)28-15-7-2-3-8-16-28)17-21(22)27-24(29)13-14-25-26-18-23(33-25)19-9-5-4-6-10-19/h4-6,9-12,17-18H,2-3,7-8,13-16H2,1H3,(H,27,29). The number of nitrogens with zero attached hydrogens (tertiary/aromatic N) is 2. The van der Waals surface area contributed by atoms with Gasteiger partial charge in [0.25, 0.3) is 0 Å². The van der Waals surface area contributed by atoms with Crippen molar-refractivity contribution in [1.82, 2.24) is 9.29 Å². The fourth-order valence-electron chi connectivity index (χ4n) is 3.97. The second-order valence-electron chi connectivity index (χ2n) is 8.21. The molecule has 3 aromatic rings. The van der Waals surface area contributed by atoms with Gasteiger partial charge in [0, 0.05) is 31.5 Å². The highest BCUT2D eigenvalue weighted by Crippen LogP contribution is 2.30. The molecular formula is C25H29N3O5S. The van der Waals surface area contributed by atoms with Crippen LogP contribution in [0, 0.1) is 0 Å². The van der Waals surface area contributed by atoms with E-state index >= 15 is 0 Å². The molecule has 180 valence electrons. The summed E-state index contributed by atoms with van der Waals surface area (Å²) in [5.41, 5.74) is 1.23. The number of benzene rings is 2. The van der Waals surface area contributed by atoms with Crippen molar-refractivity contribution in [2.75, 3.05) is 25.5 Å². The van der Waals surface area contributed by atoms with Crippen LogP contribution < -0.4 is 10.1 Å². The van der Waals surface area contributed by atoms with Gasteiger partial charge in [-0.05, 0) is 31.0 Å². The molecule has 1 aliphatic rings. The van der Waals surface area contributed by atoms with Crippen molar-refractivity contribution in [3.05, 3.63) is 60.6 Å². The molecular weight excluding hydrogens is 454 g/mol. The fraction of sp³-hybridized carbons (Fsp3) is 0.360. The SMILES string of the molecule is COc1ccc(S(=O)(=O)N2CCCCCC2)cc1NC(=O)CCc1ncc(-c2ccccc2)o1. The Morgan fingerprint density at radius 2 is 1.82 bits per heavy atom. The molecule has 1 aromatic heterocycles. The molecule has 4 rings (SSSR count). The average Bonchev–Trinajstić information content (AvgIpc) is 3.15. The Hall–Kier alpha value is -3.17. The first-order chi connectivity index (χ1) is 16.5. The van der Waals surface area contributed by atoms with E-state index in [0.29, 0.717) is 42.6 Å². The number of rotatable bonds is 8. The molecule has 1 aliphatic heterocycles. The molecule has 0 atom stereocenters. The molecule has 2 heterocycles. The Balaban J connectivity index is 1.43. The summed E-state index contributed by atoms with van der Waals surface area (Å²) < 4.78 is 38.9. The summed E-state index contributed by atoms with van der Waals surface area (Å²) in [6.07, 6.45) is 5.86. The van der Waals surface area contributed by atoms with Crippen molar-refractivity contribution in [3.8, 4) is 17.1 Å². The number of ether oxygens (including phenoxy) is 1. The number of nitrogens with one attached hydrogen (secondary N) is 1. The van der Waals surface area contributed by atoms with E-state index in [-0.39, 0.29) is 17.2 Å². The van der Waals surface area contributed by atoms with Gasteiger partial charge in [-0.3, -0.25) is 4.79 Å². The minimum absolute atomic E-state index is 0.126. The van der Waals surface area contributed by atoms with Crippen LogP contribution in [-0.2, 0) is 21.2 Å². The van der Waals surface area contributed by atoms with E-state index < -0.39 is 10.0 Å². The van der Waals surface area contributed by atoms with Crippen LogP contribution in [-0.4, -0.2) is 43.8 Å². The van der Waals surface area contributed by atoms with Crippen LogP contribution in [0.3, 0.4) is 0 Å². The summed E-state index contributed by atoms with van der Waals surface area (Å²) >= 11 is 0. The van der Waals surface area contributed by atoms with Crippen molar-refractivity contribution in [1.29, 1.82) is 0 Å². The number of aromatic nitrogens is 1. The second-order valence-corrected chi connectivity index (χ2v) is 10.2. The third-order valence-corrected chi connectivity index (χ3v) is 7.72. The van der Waals surface area contributed by atoms with E-state index in [1.165, 1.54) is 23.5 Å². The van der Waals surface area contributed by atoms with E-state index in [1.54, 1.807) is 12.3 Å². The maximum Gasteiger partial charge on any atom is 0.243 e. The zero-order valence-electron chi connectivity index (χ0n) is 19.2. The average molecular weight is 484 g/mol. The van der Waals surface area contributed by atoms with Gasteiger partial charge >= 0.3 is 0 Å². The monoisotopic (exact) mass is 483 g/mol. The summed E-state index contributed by atoms with van der Waals surface area (Å²) in [7, 11) is -2.17. The summed E-state index contributed by atoms with van der Waals surface area (Å²) in [5, 5.41) is 2.78. The molecule has 1 fully saturated rings. The molecule has 0 aliphatic carbocycles. The molecule has 1 amide bonds. The Labute approximate surface area is 200 Å². The summed E-state index contributed by atoms with van der Waals surface area (Å²) in [6, 6.07) is 14.2. The van der Waals surface area contributed by atoms with Crippen molar-refractivity contribution in [2.24, 2.45) is 0 Å². The van der Waals surface area contributed by atoms with E-state index in [0.717, 1.165) is 31.2 Å². The number of methoxy groups -OCH3 is 1. The number of aryl methyl sites for hydroxylation is 1. The number of oxazole rings is 1. The van der Waals surface area contributed by atoms with Gasteiger partial charge in [-0.1, -0.05) is 43.2 Å². The van der Waals surface area contributed by atoms with Crippen LogP contribution in [0.5, 0.6) is 5.75 Å². The van der Waals surface area contributed by atoms with Crippen molar-refractivity contribution < 1.29 is 22.4 Å². The summed E-state index contributed by atoms with van der Waals surface area (Å²) in [6.45, 7) is 1.02. The normalized spacial score (nSPS) is 15.0. The first-order valence-corrected chi connectivity index (χ1v) is 12.9. The lowest BCUT2D eigenvalue weighted by atomic mass is 10.2. The molecule has 1 N–H and O–H groups in total. The number of carbonyl (C=O) groups is 1. The first-order valence-electron chi connectivity index (χ1n) is 11.5. The Morgan fingerprint density at radius 1 is 1.09 bits per heavy atom. The largest absolute Gasteiger partial charge is 0.495 e. The molecule has 8 nitrogen and oxygen atoms in total. The zero-order chi connectivity index (χ0) is 24.0. The van der Waals surface area contributed by atoms with Gasteiger partial charge in [-0.25, -0.2) is 13.4 Å². The molecule has 34 heavy (non-hydrogen) atoms. The van der Waals surface area contributed by atoms with Crippen molar-refractivity contribution >= 4 is 21.6 Å². The number of sulfonamides is 1. The lowest BCUT2D eigenvalue weighted by Crippen LogP contribution is -2.32. The molecule has 2 aromatic carbocycles. The van der Waals surface area contributed by atoms with E-state index in [1.807, 2.05) is 30.3 Å². The molecule has 0 bridgehead atoms.